The summed E-state index contributed by atoms with van der Waals surface area (Å²) in [7, 11) is -3.66. The SMILES string of the molecule is CC(C)(C)c1ccc(S(=O)(=O)N2CCN(C(=O)c3ccc([N+](=O)[O-])o3)CC2)cc1. The van der Waals surface area contributed by atoms with E-state index in [1.54, 1.807) is 12.1 Å². The van der Waals surface area contributed by atoms with Crippen molar-refractivity contribution in [3.8, 4) is 0 Å². The molecule has 0 N–H and O–H groups in total. The highest BCUT2D eigenvalue weighted by Gasteiger charge is 2.32. The third-order valence-corrected chi connectivity index (χ3v) is 6.78. The van der Waals surface area contributed by atoms with Gasteiger partial charge in [0.25, 0.3) is 5.91 Å². The summed E-state index contributed by atoms with van der Waals surface area (Å²) >= 11 is 0. The number of carbonyl (C=O) groups excluding carboxylic acids is 1. The number of amides is 1. The molecule has 2 aromatic rings. The molecule has 1 aliphatic rings. The number of nitrogens with zero attached hydrogens (tertiary/aromatic N) is 3. The van der Waals surface area contributed by atoms with Crippen LogP contribution in [-0.4, -0.2) is 54.6 Å². The molecule has 29 heavy (non-hydrogen) atoms. The molecule has 1 aliphatic heterocycles. The summed E-state index contributed by atoms with van der Waals surface area (Å²) in [5.41, 5.74) is 0.967. The van der Waals surface area contributed by atoms with Crippen molar-refractivity contribution in [2.24, 2.45) is 0 Å². The number of piperazine rings is 1. The summed E-state index contributed by atoms with van der Waals surface area (Å²) in [6.45, 7) is 6.79. The molecule has 0 radical (unpaired) electrons. The zero-order valence-corrected chi connectivity index (χ0v) is 17.3. The first kappa shape index (κ1) is 21.0. The number of carbonyl (C=O) groups is 1. The molecule has 0 saturated carbocycles. The maximum Gasteiger partial charge on any atom is 0.433 e. The van der Waals surface area contributed by atoms with E-state index in [-0.39, 0.29) is 42.2 Å². The number of hydrogen-bond donors (Lipinski definition) is 0. The lowest BCUT2D eigenvalue weighted by atomic mass is 9.87. The first-order valence-corrected chi connectivity index (χ1v) is 10.6. The molecule has 2 heterocycles. The molecule has 1 aromatic heterocycles. The average Bonchev–Trinajstić information content (AvgIpc) is 3.17. The van der Waals surface area contributed by atoms with E-state index in [2.05, 4.69) is 20.8 Å². The van der Waals surface area contributed by atoms with E-state index in [4.69, 9.17) is 4.42 Å². The Morgan fingerprint density at radius 2 is 1.62 bits per heavy atom. The van der Waals surface area contributed by atoms with Crippen LogP contribution < -0.4 is 0 Å². The van der Waals surface area contributed by atoms with Crippen LogP contribution >= 0.6 is 0 Å². The van der Waals surface area contributed by atoms with Gasteiger partial charge in [0.1, 0.15) is 4.92 Å². The van der Waals surface area contributed by atoms with Gasteiger partial charge in [-0.25, -0.2) is 8.42 Å². The van der Waals surface area contributed by atoms with Crippen molar-refractivity contribution < 1.29 is 22.6 Å². The van der Waals surface area contributed by atoms with Gasteiger partial charge in [-0.1, -0.05) is 32.9 Å². The summed E-state index contributed by atoms with van der Waals surface area (Å²) in [4.78, 5) is 24.1. The van der Waals surface area contributed by atoms with Crippen LogP contribution in [0.2, 0.25) is 0 Å². The second kappa shape index (κ2) is 7.60. The van der Waals surface area contributed by atoms with Crippen LogP contribution in [0.4, 0.5) is 5.88 Å². The minimum atomic E-state index is -3.66. The van der Waals surface area contributed by atoms with Crippen molar-refractivity contribution in [3.63, 3.8) is 0 Å². The van der Waals surface area contributed by atoms with Gasteiger partial charge in [0.15, 0.2) is 5.76 Å². The molecule has 3 rings (SSSR count). The van der Waals surface area contributed by atoms with Gasteiger partial charge in [0.2, 0.25) is 10.0 Å². The van der Waals surface area contributed by atoms with Crippen molar-refractivity contribution in [2.75, 3.05) is 26.2 Å². The molecule has 9 nitrogen and oxygen atoms in total. The van der Waals surface area contributed by atoms with Gasteiger partial charge in [-0.3, -0.25) is 14.9 Å². The van der Waals surface area contributed by atoms with Crippen LogP contribution in [0, 0.1) is 10.1 Å². The Balaban J connectivity index is 1.67. The van der Waals surface area contributed by atoms with E-state index in [0.29, 0.717) is 0 Å². The molecule has 1 saturated heterocycles. The molecule has 1 aromatic carbocycles. The Bertz CT molecular complexity index is 1010. The Morgan fingerprint density at radius 3 is 2.10 bits per heavy atom. The molecule has 0 atom stereocenters. The van der Waals surface area contributed by atoms with Crippen molar-refractivity contribution in [2.45, 2.75) is 31.1 Å². The number of sulfonamides is 1. The van der Waals surface area contributed by atoms with Crippen LogP contribution in [0.5, 0.6) is 0 Å². The quantitative estimate of drug-likeness (QED) is 0.554. The van der Waals surface area contributed by atoms with E-state index in [9.17, 15) is 23.3 Å². The summed E-state index contributed by atoms with van der Waals surface area (Å²) in [6.07, 6.45) is 0. The van der Waals surface area contributed by atoms with E-state index in [1.165, 1.54) is 15.3 Å². The molecular weight excluding hydrogens is 398 g/mol. The lowest BCUT2D eigenvalue weighted by molar-refractivity contribution is -0.402. The molecule has 0 aliphatic carbocycles. The number of rotatable bonds is 4. The Hall–Kier alpha value is -2.72. The first-order valence-electron chi connectivity index (χ1n) is 9.14. The number of hydrogen-bond acceptors (Lipinski definition) is 6. The maximum absolute atomic E-state index is 12.9. The number of benzene rings is 1. The van der Waals surface area contributed by atoms with Gasteiger partial charge in [-0.05, 0) is 29.2 Å². The smallest absolute Gasteiger partial charge is 0.395 e. The average molecular weight is 421 g/mol. The van der Waals surface area contributed by atoms with E-state index in [1.807, 2.05) is 12.1 Å². The van der Waals surface area contributed by atoms with Gasteiger partial charge in [-0.2, -0.15) is 4.31 Å². The summed E-state index contributed by atoms with van der Waals surface area (Å²) in [5.74, 6) is -1.14. The molecule has 156 valence electrons. The lowest BCUT2D eigenvalue weighted by Crippen LogP contribution is -2.50. The fraction of sp³-hybridized carbons (Fsp3) is 0.421. The highest BCUT2D eigenvalue weighted by molar-refractivity contribution is 7.89. The number of nitro groups is 1. The topological polar surface area (TPSA) is 114 Å². The first-order chi connectivity index (χ1) is 13.5. The van der Waals surface area contributed by atoms with Crippen molar-refractivity contribution in [1.29, 1.82) is 0 Å². The zero-order valence-electron chi connectivity index (χ0n) is 16.5. The molecule has 1 amide bonds. The second-order valence-corrected chi connectivity index (χ2v) is 9.80. The zero-order chi connectivity index (χ0) is 21.4. The van der Waals surface area contributed by atoms with Crippen molar-refractivity contribution in [3.05, 3.63) is 57.8 Å². The highest BCUT2D eigenvalue weighted by atomic mass is 32.2. The van der Waals surface area contributed by atoms with Crippen LogP contribution in [0.1, 0.15) is 36.9 Å². The monoisotopic (exact) mass is 421 g/mol. The number of furan rings is 1. The minimum Gasteiger partial charge on any atom is -0.395 e. The molecule has 10 heteroatoms. The van der Waals surface area contributed by atoms with Crippen LogP contribution in [-0.2, 0) is 15.4 Å². The lowest BCUT2D eigenvalue weighted by Gasteiger charge is -2.33. The summed E-state index contributed by atoms with van der Waals surface area (Å²) < 4.78 is 32.1. The standard InChI is InChI=1S/C19H23N3O6S/c1-19(2,3)14-4-6-15(7-5-14)29(26,27)21-12-10-20(11-13-21)18(23)16-8-9-17(28-16)22(24)25/h4-9H,10-13H2,1-3H3. The van der Waals surface area contributed by atoms with E-state index < -0.39 is 26.7 Å². The third-order valence-electron chi connectivity index (χ3n) is 4.87. The van der Waals surface area contributed by atoms with Gasteiger partial charge in [0.05, 0.1) is 11.0 Å². The third kappa shape index (κ3) is 4.33. The fourth-order valence-electron chi connectivity index (χ4n) is 3.10. The molecule has 1 fully saturated rings. The molecular formula is C19H23N3O6S. The van der Waals surface area contributed by atoms with Gasteiger partial charge >= 0.3 is 5.88 Å². The Morgan fingerprint density at radius 1 is 1.03 bits per heavy atom. The van der Waals surface area contributed by atoms with Gasteiger partial charge in [0, 0.05) is 26.2 Å². The summed E-state index contributed by atoms with van der Waals surface area (Å²) in [6, 6.07) is 9.22. The minimum absolute atomic E-state index is 0.0742. The molecule has 0 bridgehead atoms. The van der Waals surface area contributed by atoms with E-state index >= 15 is 0 Å². The fourth-order valence-corrected chi connectivity index (χ4v) is 4.53. The van der Waals surface area contributed by atoms with Gasteiger partial charge < -0.3 is 9.32 Å². The van der Waals surface area contributed by atoms with Gasteiger partial charge in [-0.15, -0.1) is 0 Å². The predicted molar refractivity (Wildman–Crippen MR) is 105 cm³/mol. The Labute approximate surface area is 169 Å². The predicted octanol–water partition coefficient (Wildman–Crippen LogP) is 2.63. The summed E-state index contributed by atoms with van der Waals surface area (Å²) in [5, 5.41) is 10.7. The van der Waals surface area contributed by atoms with Crippen molar-refractivity contribution in [1.82, 2.24) is 9.21 Å². The largest absolute Gasteiger partial charge is 0.433 e. The maximum atomic E-state index is 12.9. The van der Waals surface area contributed by atoms with E-state index in [0.717, 1.165) is 11.6 Å². The molecule has 0 unspecified atom stereocenters. The second-order valence-electron chi connectivity index (χ2n) is 7.87. The Kier molecular flexibility index (Phi) is 5.50. The molecule has 0 spiro atoms. The normalized spacial score (nSPS) is 16.0. The van der Waals surface area contributed by atoms with Crippen LogP contribution in [0.15, 0.2) is 45.7 Å². The van der Waals surface area contributed by atoms with Crippen LogP contribution in [0.3, 0.4) is 0 Å². The van der Waals surface area contributed by atoms with Crippen molar-refractivity contribution >= 4 is 21.8 Å². The van der Waals surface area contributed by atoms with Crippen LogP contribution in [0.25, 0.3) is 0 Å². The highest BCUT2D eigenvalue weighted by Crippen LogP contribution is 2.25.